The summed E-state index contributed by atoms with van der Waals surface area (Å²) in [5, 5.41) is 120. The number of aliphatic hydroxyl groups is 11. The highest BCUT2D eigenvalue weighted by Crippen LogP contribution is 2.33. The Morgan fingerprint density at radius 1 is 0.450 bits per heavy atom. The molecule has 17 atom stereocenters. The van der Waals surface area contributed by atoms with Gasteiger partial charge in [-0.15, -0.1) is 0 Å². The van der Waals surface area contributed by atoms with Gasteiger partial charge < -0.3 is 89.9 Å². The maximum Gasteiger partial charge on any atom is 0.220 e. The maximum atomic E-state index is 13.3. The van der Waals surface area contributed by atoms with Gasteiger partial charge in [0.15, 0.2) is 18.9 Å². The van der Waals surface area contributed by atoms with E-state index in [1.165, 1.54) is 116 Å². The Kier molecular flexibility index (Phi) is 40.2. The molecule has 1 amide bonds. The number of allylic oxidation sites excluding steroid dienone is 5. The number of ether oxygens (including phenoxy) is 6. The van der Waals surface area contributed by atoms with Crippen molar-refractivity contribution in [3.8, 4) is 0 Å². The molecule has 0 aromatic rings. The normalized spacial score (nSPS) is 30.2. The van der Waals surface area contributed by atoms with E-state index in [2.05, 4.69) is 43.5 Å². The molecule has 3 fully saturated rings. The molecule has 19 nitrogen and oxygen atoms in total. The van der Waals surface area contributed by atoms with Crippen LogP contribution in [0.15, 0.2) is 36.5 Å². The molecule has 19 heteroatoms. The molecule has 3 aliphatic rings. The van der Waals surface area contributed by atoms with Crippen molar-refractivity contribution in [2.24, 2.45) is 0 Å². The van der Waals surface area contributed by atoms with Crippen LogP contribution in [0.5, 0.6) is 0 Å². The van der Waals surface area contributed by atoms with Crippen LogP contribution in [0, 0.1) is 0 Å². The number of rotatable bonds is 46. The fourth-order valence-corrected chi connectivity index (χ4v) is 10.5. The van der Waals surface area contributed by atoms with Crippen LogP contribution in [0.25, 0.3) is 0 Å². The number of amides is 1. The topological polar surface area (TPSA) is 307 Å². The van der Waals surface area contributed by atoms with Gasteiger partial charge in [0.25, 0.3) is 0 Å². The number of carbonyl (C=O) groups is 1. The zero-order chi connectivity index (χ0) is 58.3. The van der Waals surface area contributed by atoms with Crippen LogP contribution in [-0.2, 0) is 33.2 Å². The highest BCUT2D eigenvalue weighted by molar-refractivity contribution is 5.76. The summed E-state index contributed by atoms with van der Waals surface area (Å²) in [6.07, 6.45) is 21.2. The first-order valence-electron chi connectivity index (χ1n) is 31.2. The summed E-state index contributed by atoms with van der Waals surface area (Å²) in [6.45, 7) is 1.70. The Labute approximate surface area is 479 Å². The van der Waals surface area contributed by atoms with Crippen molar-refractivity contribution in [3.05, 3.63) is 36.5 Å². The molecule has 3 rings (SSSR count). The van der Waals surface area contributed by atoms with Crippen molar-refractivity contribution < 1.29 is 89.4 Å². The van der Waals surface area contributed by atoms with Crippen LogP contribution in [0.1, 0.15) is 213 Å². The van der Waals surface area contributed by atoms with Crippen molar-refractivity contribution >= 4 is 5.91 Å². The van der Waals surface area contributed by atoms with E-state index in [1.807, 2.05) is 6.08 Å². The van der Waals surface area contributed by atoms with E-state index in [9.17, 15) is 61.0 Å². The minimum absolute atomic E-state index is 0.227. The van der Waals surface area contributed by atoms with Gasteiger partial charge in [-0.1, -0.05) is 192 Å². The van der Waals surface area contributed by atoms with E-state index < -0.39 is 124 Å². The SMILES string of the molecule is CCCCCC/C=C\C/C=C\CCCCCCCC(=O)NC(COC1OC(CO)C(OC2OC(CO)C(OC3OC(CO)C(O)C(O)C3O)C(O)C2O)C(O)C1O)C(O)/C=C/CCCCCCCCCCCCCCCCCCC. The summed E-state index contributed by atoms with van der Waals surface area (Å²) in [5.74, 6) is -0.289. The average molecular weight is 1150 g/mol. The van der Waals surface area contributed by atoms with Crippen molar-refractivity contribution in [2.45, 2.75) is 317 Å². The second-order valence-electron chi connectivity index (χ2n) is 22.5. The summed E-state index contributed by atoms with van der Waals surface area (Å²) >= 11 is 0. The lowest BCUT2D eigenvalue weighted by Crippen LogP contribution is -2.66. The van der Waals surface area contributed by atoms with E-state index in [1.54, 1.807) is 6.08 Å². The third kappa shape index (κ3) is 27.8. The van der Waals surface area contributed by atoms with Crippen LogP contribution in [0.2, 0.25) is 0 Å². The smallest absolute Gasteiger partial charge is 0.220 e. The molecule has 3 saturated heterocycles. The van der Waals surface area contributed by atoms with Gasteiger partial charge in [-0.05, 0) is 51.4 Å². The zero-order valence-electron chi connectivity index (χ0n) is 48.8. The summed E-state index contributed by atoms with van der Waals surface area (Å²) in [4.78, 5) is 13.3. The predicted molar refractivity (Wildman–Crippen MR) is 305 cm³/mol. The van der Waals surface area contributed by atoms with Gasteiger partial charge in [0, 0.05) is 6.42 Å². The molecule has 12 N–H and O–H groups in total. The molecule has 0 saturated carbocycles. The van der Waals surface area contributed by atoms with Crippen molar-refractivity contribution in [1.29, 1.82) is 0 Å². The van der Waals surface area contributed by atoms with Crippen LogP contribution in [0.3, 0.4) is 0 Å². The van der Waals surface area contributed by atoms with E-state index in [4.69, 9.17) is 28.4 Å². The lowest BCUT2D eigenvalue weighted by Gasteiger charge is -2.48. The Hall–Kier alpha value is -1.99. The van der Waals surface area contributed by atoms with Gasteiger partial charge in [-0.25, -0.2) is 0 Å². The lowest BCUT2D eigenvalue weighted by molar-refractivity contribution is -0.379. The van der Waals surface area contributed by atoms with Crippen LogP contribution < -0.4 is 5.32 Å². The molecule has 0 aromatic heterocycles. The summed E-state index contributed by atoms with van der Waals surface area (Å²) in [7, 11) is 0. The number of hydrogen-bond donors (Lipinski definition) is 12. The number of nitrogens with one attached hydrogen (secondary N) is 1. The first-order chi connectivity index (χ1) is 38.8. The van der Waals surface area contributed by atoms with Gasteiger partial charge in [0.05, 0.1) is 38.6 Å². The van der Waals surface area contributed by atoms with Gasteiger partial charge in [0.2, 0.25) is 5.91 Å². The number of aliphatic hydroxyl groups excluding tert-OH is 11. The molecule has 3 aliphatic heterocycles. The number of carbonyl (C=O) groups excluding carboxylic acids is 1. The first kappa shape index (κ1) is 72.3. The van der Waals surface area contributed by atoms with E-state index >= 15 is 0 Å². The average Bonchev–Trinajstić information content (AvgIpc) is 3.50. The van der Waals surface area contributed by atoms with Crippen LogP contribution in [-0.4, -0.2) is 193 Å². The molecule has 3 heterocycles. The van der Waals surface area contributed by atoms with Gasteiger partial charge in [-0.2, -0.15) is 0 Å². The molecular formula is C61H111NO18. The zero-order valence-corrected chi connectivity index (χ0v) is 48.8. The Morgan fingerprint density at radius 3 is 1.29 bits per heavy atom. The largest absolute Gasteiger partial charge is 0.394 e. The lowest BCUT2D eigenvalue weighted by atomic mass is 9.96. The van der Waals surface area contributed by atoms with Crippen LogP contribution >= 0.6 is 0 Å². The fourth-order valence-electron chi connectivity index (χ4n) is 10.5. The second-order valence-corrected chi connectivity index (χ2v) is 22.5. The quantitative estimate of drug-likeness (QED) is 0.0242. The first-order valence-corrected chi connectivity index (χ1v) is 31.2. The molecule has 0 aliphatic carbocycles. The van der Waals surface area contributed by atoms with E-state index in [0.29, 0.717) is 6.42 Å². The third-order valence-corrected chi connectivity index (χ3v) is 15.7. The number of unbranched alkanes of at least 4 members (excludes halogenated alkanes) is 26. The Balaban J connectivity index is 1.50. The molecular weight excluding hydrogens is 1030 g/mol. The minimum atomic E-state index is -1.98. The second kappa shape index (κ2) is 44.5. The van der Waals surface area contributed by atoms with Crippen molar-refractivity contribution in [1.82, 2.24) is 5.32 Å². The standard InChI is InChI=1S/C61H111NO18/c1-3-5-7-9-11-13-15-17-19-21-22-23-24-26-28-30-32-34-36-38-45(66)44(62-49(67)39-37-35-33-31-29-27-25-20-18-16-14-12-10-8-6-4-2)43-75-59-55(73)52(70)57(47(41-64)77-59)80-61-56(74)53(71)58(48(42-65)78-61)79-60-54(72)51(69)50(68)46(40-63)76-60/h14,16,20,25,36,38,44-48,50-61,63-66,68-74H,3-13,15,17-19,21-24,26-35,37,39-43H2,1-2H3,(H,62,67)/b16-14-,25-20-,38-36+. The van der Waals surface area contributed by atoms with Gasteiger partial charge >= 0.3 is 0 Å². The molecule has 468 valence electrons. The van der Waals surface area contributed by atoms with Crippen molar-refractivity contribution in [2.75, 3.05) is 26.4 Å². The summed E-state index contributed by atoms with van der Waals surface area (Å²) in [5.41, 5.74) is 0. The van der Waals surface area contributed by atoms with Crippen LogP contribution in [0.4, 0.5) is 0 Å². The molecule has 0 spiro atoms. The van der Waals surface area contributed by atoms with E-state index in [-0.39, 0.29) is 18.9 Å². The van der Waals surface area contributed by atoms with Crippen molar-refractivity contribution in [3.63, 3.8) is 0 Å². The summed E-state index contributed by atoms with van der Waals surface area (Å²) < 4.78 is 34.3. The predicted octanol–water partition coefficient (Wildman–Crippen LogP) is 6.10. The van der Waals surface area contributed by atoms with Gasteiger partial charge in [0.1, 0.15) is 73.2 Å². The maximum absolute atomic E-state index is 13.3. The number of hydrogen-bond acceptors (Lipinski definition) is 18. The fraction of sp³-hybridized carbons (Fsp3) is 0.885. The molecule has 0 radical (unpaired) electrons. The summed E-state index contributed by atoms with van der Waals surface area (Å²) in [6, 6.07) is -0.979. The molecule has 0 aromatic carbocycles. The van der Waals surface area contributed by atoms with Gasteiger partial charge in [-0.3, -0.25) is 4.79 Å². The highest BCUT2D eigenvalue weighted by atomic mass is 16.8. The Bertz CT molecular complexity index is 1600. The Morgan fingerprint density at radius 2 is 0.825 bits per heavy atom. The molecule has 17 unspecified atom stereocenters. The third-order valence-electron chi connectivity index (χ3n) is 15.7. The highest BCUT2D eigenvalue weighted by Gasteiger charge is 2.53. The molecule has 80 heavy (non-hydrogen) atoms. The minimum Gasteiger partial charge on any atom is -0.394 e. The molecule has 0 bridgehead atoms. The monoisotopic (exact) mass is 1150 g/mol. The van der Waals surface area contributed by atoms with E-state index in [0.717, 1.165) is 70.6 Å².